The van der Waals surface area contributed by atoms with E-state index >= 15 is 0 Å². The molecular formula is C15H12NO2S. The Hall–Kier alpha value is -2.07. The Morgan fingerprint density at radius 2 is 1.68 bits per heavy atom. The van der Waals surface area contributed by atoms with Crippen LogP contribution in [0.15, 0.2) is 59.5 Å². The average Bonchev–Trinajstić information content (AvgIpc) is 2.83. The summed E-state index contributed by atoms with van der Waals surface area (Å²) < 4.78 is 26.3. The molecule has 19 heavy (non-hydrogen) atoms. The van der Waals surface area contributed by atoms with Crippen LogP contribution in [-0.4, -0.2) is 12.4 Å². The molecule has 1 aromatic heterocycles. The summed E-state index contributed by atoms with van der Waals surface area (Å²) in [6.07, 6.45) is 2.80. The zero-order chi connectivity index (χ0) is 13.5. The van der Waals surface area contributed by atoms with Gasteiger partial charge in [0.25, 0.3) is 10.0 Å². The monoisotopic (exact) mass is 270 g/mol. The minimum Gasteiger partial charge on any atom is -0.232 e. The van der Waals surface area contributed by atoms with Crippen molar-refractivity contribution in [3.63, 3.8) is 0 Å². The molecule has 1 radical (unpaired) electrons. The average molecular weight is 270 g/mol. The molecule has 0 saturated heterocycles. The molecule has 0 bridgehead atoms. The normalized spacial score (nSPS) is 11.8. The van der Waals surface area contributed by atoms with E-state index in [0.29, 0.717) is 5.52 Å². The first-order valence-electron chi connectivity index (χ1n) is 5.89. The van der Waals surface area contributed by atoms with E-state index < -0.39 is 10.0 Å². The molecule has 0 aliphatic rings. The van der Waals surface area contributed by atoms with Gasteiger partial charge in [-0.15, -0.1) is 0 Å². The smallest absolute Gasteiger partial charge is 0.232 e. The van der Waals surface area contributed by atoms with E-state index in [2.05, 4.69) is 6.20 Å². The summed E-state index contributed by atoms with van der Waals surface area (Å²) in [7, 11) is -3.58. The number of para-hydroxylation sites is 1. The number of hydrogen-bond acceptors (Lipinski definition) is 2. The van der Waals surface area contributed by atoms with Crippen LogP contribution in [-0.2, 0) is 10.0 Å². The first-order chi connectivity index (χ1) is 9.09. The minimum absolute atomic E-state index is 0.274. The van der Waals surface area contributed by atoms with Crippen molar-refractivity contribution in [2.75, 3.05) is 0 Å². The quantitative estimate of drug-likeness (QED) is 0.718. The molecule has 0 fully saturated rings. The molecule has 0 atom stereocenters. The predicted molar refractivity (Wildman–Crippen MR) is 74.5 cm³/mol. The first-order valence-corrected chi connectivity index (χ1v) is 7.33. The van der Waals surface area contributed by atoms with Crippen molar-refractivity contribution < 1.29 is 8.42 Å². The Morgan fingerprint density at radius 3 is 2.42 bits per heavy atom. The van der Waals surface area contributed by atoms with E-state index in [4.69, 9.17) is 0 Å². The summed E-state index contributed by atoms with van der Waals surface area (Å²) >= 11 is 0. The van der Waals surface area contributed by atoms with E-state index in [1.165, 1.54) is 3.97 Å². The Kier molecular flexibility index (Phi) is 2.68. The van der Waals surface area contributed by atoms with Crippen LogP contribution in [0.1, 0.15) is 5.56 Å². The van der Waals surface area contributed by atoms with Crippen LogP contribution in [0.2, 0.25) is 0 Å². The van der Waals surface area contributed by atoms with Gasteiger partial charge in [-0.25, -0.2) is 12.4 Å². The maximum atomic E-state index is 12.6. The third-order valence-corrected chi connectivity index (χ3v) is 4.70. The van der Waals surface area contributed by atoms with Crippen LogP contribution >= 0.6 is 0 Å². The molecule has 3 nitrogen and oxygen atoms in total. The third-order valence-electron chi connectivity index (χ3n) is 3.05. The van der Waals surface area contributed by atoms with E-state index in [0.717, 1.165) is 10.9 Å². The second kappa shape index (κ2) is 4.24. The molecule has 4 heteroatoms. The standard InChI is InChI=1S/C15H12NO2S/c1-12-6-8-14(9-7-12)19(17,18)16-11-10-13-4-2-3-5-15(13)16/h2-10H,1H3. The molecule has 3 aromatic rings. The number of rotatable bonds is 2. The van der Waals surface area contributed by atoms with Gasteiger partial charge in [0.1, 0.15) is 0 Å². The van der Waals surface area contributed by atoms with Crippen molar-refractivity contribution in [3.05, 3.63) is 66.4 Å². The van der Waals surface area contributed by atoms with E-state index in [1.807, 2.05) is 25.1 Å². The lowest BCUT2D eigenvalue weighted by Gasteiger charge is -2.07. The summed E-state index contributed by atoms with van der Waals surface area (Å²) in [5.74, 6) is 0. The van der Waals surface area contributed by atoms with Gasteiger partial charge in [-0.1, -0.05) is 35.9 Å². The van der Waals surface area contributed by atoms with Gasteiger partial charge in [0, 0.05) is 5.39 Å². The Morgan fingerprint density at radius 1 is 1.00 bits per heavy atom. The summed E-state index contributed by atoms with van der Waals surface area (Å²) in [5.41, 5.74) is 1.67. The van der Waals surface area contributed by atoms with Crippen LogP contribution in [0.5, 0.6) is 0 Å². The topological polar surface area (TPSA) is 39.1 Å². The number of benzene rings is 2. The van der Waals surface area contributed by atoms with Crippen LogP contribution in [0.25, 0.3) is 10.9 Å². The summed E-state index contributed by atoms with van der Waals surface area (Å²) in [6, 6.07) is 15.8. The second-order valence-corrected chi connectivity index (χ2v) is 6.20. The molecule has 0 unspecified atom stereocenters. The molecule has 0 aliphatic heterocycles. The number of hydrogen-bond donors (Lipinski definition) is 0. The highest BCUT2D eigenvalue weighted by Gasteiger charge is 2.18. The largest absolute Gasteiger partial charge is 0.268 e. The molecular weight excluding hydrogens is 258 g/mol. The van der Waals surface area contributed by atoms with Crippen LogP contribution < -0.4 is 0 Å². The molecule has 3 rings (SSSR count). The van der Waals surface area contributed by atoms with Gasteiger partial charge in [0.05, 0.1) is 16.6 Å². The SMILES string of the molecule is Cc1ccc(S(=O)(=O)n2[c]cc3ccccc32)cc1. The molecule has 95 valence electrons. The fraction of sp³-hybridized carbons (Fsp3) is 0.0667. The number of aromatic nitrogens is 1. The number of aryl methyl sites for hydroxylation is 1. The summed E-state index contributed by atoms with van der Waals surface area (Å²) in [4.78, 5) is 0.274. The molecule has 0 aliphatic carbocycles. The van der Waals surface area contributed by atoms with Crippen molar-refractivity contribution >= 4 is 20.9 Å². The van der Waals surface area contributed by atoms with Crippen molar-refractivity contribution in [2.24, 2.45) is 0 Å². The number of nitrogens with zero attached hydrogens (tertiary/aromatic N) is 1. The predicted octanol–water partition coefficient (Wildman–Crippen LogP) is 2.99. The van der Waals surface area contributed by atoms with Gasteiger partial charge in [-0.05, 0) is 31.2 Å². The molecule has 0 saturated carbocycles. The molecule has 1 heterocycles. The summed E-state index contributed by atoms with van der Waals surface area (Å²) in [6.45, 7) is 1.92. The minimum atomic E-state index is -3.58. The van der Waals surface area contributed by atoms with Crippen molar-refractivity contribution in [1.29, 1.82) is 0 Å². The van der Waals surface area contributed by atoms with Crippen molar-refractivity contribution in [2.45, 2.75) is 11.8 Å². The van der Waals surface area contributed by atoms with Crippen LogP contribution in [0.3, 0.4) is 0 Å². The maximum absolute atomic E-state index is 12.6. The van der Waals surface area contributed by atoms with E-state index in [-0.39, 0.29) is 4.90 Å². The zero-order valence-electron chi connectivity index (χ0n) is 10.4. The highest BCUT2D eigenvalue weighted by molar-refractivity contribution is 7.90. The Balaban J connectivity index is 2.22. The van der Waals surface area contributed by atoms with Crippen molar-refractivity contribution in [1.82, 2.24) is 3.97 Å². The summed E-state index contributed by atoms with van der Waals surface area (Å²) in [5, 5.41) is 0.859. The van der Waals surface area contributed by atoms with Gasteiger partial charge in [0.2, 0.25) is 0 Å². The van der Waals surface area contributed by atoms with E-state index in [9.17, 15) is 8.42 Å². The van der Waals surface area contributed by atoms with Gasteiger partial charge >= 0.3 is 0 Å². The zero-order valence-corrected chi connectivity index (χ0v) is 11.2. The van der Waals surface area contributed by atoms with Gasteiger partial charge < -0.3 is 0 Å². The fourth-order valence-corrected chi connectivity index (χ4v) is 3.31. The van der Waals surface area contributed by atoms with Gasteiger partial charge in [-0.3, -0.25) is 0 Å². The molecule has 2 aromatic carbocycles. The maximum Gasteiger partial charge on any atom is 0.268 e. The highest BCUT2D eigenvalue weighted by Crippen LogP contribution is 2.21. The lowest BCUT2D eigenvalue weighted by atomic mass is 10.2. The second-order valence-electron chi connectivity index (χ2n) is 4.41. The molecule has 0 N–H and O–H groups in total. The van der Waals surface area contributed by atoms with Gasteiger partial charge in [-0.2, -0.15) is 0 Å². The molecule has 0 amide bonds. The molecule has 0 spiro atoms. The fourth-order valence-electron chi connectivity index (χ4n) is 2.01. The lowest BCUT2D eigenvalue weighted by molar-refractivity contribution is 0.589. The van der Waals surface area contributed by atoms with Crippen LogP contribution in [0.4, 0.5) is 0 Å². The lowest BCUT2D eigenvalue weighted by Crippen LogP contribution is -2.11. The highest BCUT2D eigenvalue weighted by atomic mass is 32.2. The van der Waals surface area contributed by atoms with E-state index in [1.54, 1.807) is 36.4 Å². The van der Waals surface area contributed by atoms with Crippen LogP contribution in [0, 0.1) is 13.1 Å². The van der Waals surface area contributed by atoms with Gasteiger partial charge in [0.15, 0.2) is 0 Å². The Labute approximate surface area is 112 Å². The first kappa shape index (κ1) is 12.0. The Bertz CT molecular complexity index is 830. The van der Waals surface area contributed by atoms with Crippen molar-refractivity contribution in [3.8, 4) is 0 Å². The third kappa shape index (κ3) is 1.94. The number of fused-ring (bicyclic) bond motifs is 1.